The largest absolute Gasteiger partial charge is 0.497 e. The molecule has 0 unspecified atom stereocenters. The number of fused-ring (bicyclic) bond motifs is 1. The molecule has 0 radical (unpaired) electrons. The fraction of sp³-hybridized carbons (Fsp3) is 0.312. The third kappa shape index (κ3) is 2.62. The first kappa shape index (κ1) is 15.3. The van der Waals surface area contributed by atoms with Gasteiger partial charge in [-0.15, -0.1) is 0 Å². The molecule has 0 N–H and O–H groups in total. The fourth-order valence-electron chi connectivity index (χ4n) is 2.32. The average Bonchev–Trinajstić information content (AvgIpc) is 3.11. The Morgan fingerprint density at radius 3 is 2.35 bits per heavy atom. The van der Waals surface area contributed by atoms with E-state index in [0.29, 0.717) is 22.2 Å². The SMILES string of the molecule is COc1cc(OC)cc(-c2nn3c(C#N)c(C(C)C)nc3s2)c1. The molecule has 7 heteroatoms. The van der Waals surface area contributed by atoms with E-state index in [4.69, 9.17) is 9.47 Å². The van der Waals surface area contributed by atoms with Crippen molar-refractivity contribution in [3.05, 3.63) is 29.6 Å². The van der Waals surface area contributed by atoms with Crippen molar-refractivity contribution in [2.75, 3.05) is 14.2 Å². The minimum absolute atomic E-state index is 0.180. The van der Waals surface area contributed by atoms with Gasteiger partial charge >= 0.3 is 0 Å². The molecule has 3 rings (SSSR count). The van der Waals surface area contributed by atoms with Crippen molar-refractivity contribution in [2.24, 2.45) is 0 Å². The molecular weight excluding hydrogens is 312 g/mol. The van der Waals surface area contributed by atoms with Crippen LogP contribution in [-0.4, -0.2) is 28.8 Å². The van der Waals surface area contributed by atoms with E-state index in [0.717, 1.165) is 16.3 Å². The monoisotopic (exact) mass is 328 g/mol. The van der Waals surface area contributed by atoms with Gasteiger partial charge in [-0.1, -0.05) is 25.2 Å². The van der Waals surface area contributed by atoms with Crippen LogP contribution in [0, 0.1) is 11.3 Å². The summed E-state index contributed by atoms with van der Waals surface area (Å²) in [6.45, 7) is 4.03. The van der Waals surface area contributed by atoms with Crippen LogP contribution in [0.4, 0.5) is 0 Å². The van der Waals surface area contributed by atoms with Gasteiger partial charge in [-0.2, -0.15) is 14.9 Å². The summed E-state index contributed by atoms with van der Waals surface area (Å²) >= 11 is 1.44. The van der Waals surface area contributed by atoms with Crippen LogP contribution < -0.4 is 9.47 Å². The molecule has 2 heterocycles. The van der Waals surface area contributed by atoms with Gasteiger partial charge in [0, 0.05) is 11.6 Å². The number of hydrogen-bond acceptors (Lipinski definition) is 6. The van der Waals surface area contributed by atoms with Crippen molar-refractivity contribution >= 4 is 16.3 Å². The molecule has 0 aliphatic carbocycles. The first-order chi connectivity index (χ1) is 11.1. The van der Waals surface area contributed by atoms with Crippen molar-refractivity contribution in [3.63, 3.8) is 0 Å². The standard InChI is InChI=1S/C16H16N4O2S/c1-9(2)14-13(8-17)20-16(18-14)23-15(19-20)10-5-11(21-3)7-12(6-10)22-4/h5-7,9H,1-4H3. The minimum Gasteiger partial charge on any atom is -0.497 e. The summed E-state index contributed by atoms with van der Waals surface area (Å²) in [5.74, 6) is 1.56. The van der Waals surface area contributed by atoms with Crippen molar-refractivity contribution < 1.29 is 9.47 Å². The van der Waals surface area contributed by atoms with E-state index in [-0.39, 0.29) is 5.92 Å². The van der Waals surface area contributed by atoms with Gasteiger partial charge in [-0.3, -0.25) is 0 Å². The highest BCUT2D eigenvalue weighted by atomic mass is 32.1. The highest BCUT2D eigenvalue weighted by Gasteiger charge is 2.19. The van der Waals surface area contributed by atoms with Gasteiger partial charge in [0.25, 0.3) is 0 Å². The number of hydrogen-bond donors (Lipinski definition) is 0. The zero-order valence-corrected chi connectivity index (χ0v) is 14.1. The number of imidazole rings is 1. The smallest absolute Gasteiger partial charge is 0.213 e. The van der Waals surface area contributed by atoms with E-state index in [1.165, 1.54) is 11.3 Å². The van der Waals surface area contributed by atoms with E-state index < -0.39 is 0 Å². The van der Waals surface area contributed by atoms with Gasteiger partial charge < -0.3 is 9.47 Å². The number of methoxy groups -OCH3 is 2. The first-order valence-electron chi connectivity index (χ1n) is 7.10. The number of ether oxygens (including phenoxy) is 2. The van der Waals surface area contributed by atoms with Crippen molar-refractivity contribution in [1.29, 1.82) is 5.26 Å². The quantitative estimate of drug-likeness (QED) is 0.733. The molecule has 0 saturated heterocycles. The molecule has 0 amide bonds. The maximum absolute atomic E-state index is 9.41. The van der Waals surface area contributed by atoms with Gasteiger partial charge in [0.05, 0.1) is 19.9 Å². The zero-order chi connectivity index (χ0) is 16.6. The van der Waals surface area contributed by atoms with E-state index in [1.807, 2.05) is 26.0 Å². The minimum atomic E-state index is 0.180. The van der Waals surface area contributed by atoms with Crippen molar-refractivity contribution in [2.45, 2.75) is 19.8 Å². The summed E-state index contributed by atoms with van der Waals surface area (Å²) in [7, 11) is 3.21. The third-order valence-electron chi connectivity index (χ3n) is 3.48. The lowest BCUT2D eigenvalue weighted by atomic mass is 10.1. The van der Waals surface area contributed by atoms with E-state index >= 15 is 0 Å². The Hall–Kier alpha value is -2.59. The Kier molecular flexibility index (Phi) is 3.92. The van der Waals surface area contributed by atoms with E-state index in [2.05, 4.69) is 16.2 Å². The average molecular weight is 328 g/mol. The molecule has 3 aromatic rings. The maximum atomic E-state index is 9.41. The van der Waals surface area contributed by atoms with Gasteiger partial charge in [-0.05, 0) is 18.1 Å². The van der Waals surface area contributed by atoms with Crippen LogP contribution in [0.5, 0.6) is 11.5 Å². The van der Waals surface area contributed by atoms with Crippen molar-refractivity contribution in [1.82, 2.24) is 14.6 Å². The van der Waals surface area contributed by atoms with Crippen LogP contribution in [0.15, 0.2) is 18.2 Å². The molecule has 0 atom stereocenters. The summed E-state index contributed by atoms with van der Waals surface area (Å²) in [5, 5.41) is 14.7. The summed E-state index contributed by atoms with van der Waals surface area (Å²) in [5.41, 5.74) is 2.14. The second-order valence-corrected chi connectivity index (χ2v) is 6.27. The molecule has 1 aromatic carbocycles. The molecular formula is C16H16N4O2S. The summed E-state index contributed by atoms with van der Waals surface area (Å²) < 4.78 is 12.2. The Bertz CT molecular complexity index is 883. The molecule has 0 aliphatic heterocycles. The van der Waals surface area contributed by atoms with Gasteiger partial charge in [-0.25, -0.2) is 4.98 Å². The van der Waals surface area contributed by atoms with Crippen LogP contribution in [0.2, 0.25) is 0 Å². The predicted molar refractivity (Wildman–Crippen MR) is 88.2 cm³/mol. The Morgan fingerprint density at radius 1 is 1.17 bits per heavy atom. The van der Waals surface area contributed by atoms with E-state index in [1.54, 1.807) is 24.8 Å². The molecule has 6 nitrogen and oxygen atoms in total. The maximum Gasteiger partial charge on any atom is 0.213 e. The Balaban J connectivity index is 2.15. The first-order valence-corrected chi connectivity index (χ1v) is 7.92. The molecule has 0 spiro atoms. The second kappa shape index (κ2) is 5.89. The molecule has 0 aliphatic rings. The van der Waals surface area contributed by atoms with Crippen LogP contribution >= 0.6 is 11.3 Å². The predicted octanol–water partition coefficient (Wildman–Crippen LogP) is 3.47. The highest BCUT2D eigenvalue weighted by molar-refractivity contribution is 7.19. The van der Waals surface area contributed by atoms with E-state index in [9.17, 15) is 5.26 Å². The normalized spacial score (nSPS) is 11.0. The highest BCUT2D eigenvalue weighted by Crippen LogP contribution is 2.33. The number of nitrogens with zero attached hydrogens (tertiary/aromatic N) is 4. The lowest BCUT2D eigenvalue weighted by Gasteiger charge is -2.06. The topological polar surface area (TPSA) is 72.4 Å². The van der Waals surface area contributed by atoms with Crippen molar-refractivity contribution in [3.8, 4) is 28.1 Å². The molecule has 0 fully saturated rings. The number of benzene rings is 1. The Labute approximate surface area is 137 Å². The third-order valence-corrected chi connectivity index (χ3v) is 4.44. The lowest BCUT2D eigenvalue weighted by Crippen LogP contribution is -1.95. The Morgan fingerprint density at radius 2 is 1.83 bits per heavy atom. The second-order valence-electron chi connectivity index (χ2n) is 5.32. The lowest BCUT2D eigenvalue weighted by molar-refractivity contribution is 0.394. The van der Waals surface area contributed by atoms with Crippen LogP contribution in [0.1, 0.15) is 31.2 Å². The molecule has 0 saturated carbocycles. The summed E-state index contributed by atoms with van der Waals surface area (Å²) in [6.07, 6.45) is 0. The number of rotatable bonds is 4. The number of nitriles is 1. The van der Waals surface area contributed by atoms with Crippen LogP contribution in [-0.2, 0) is 0 Å². The van der Waals surface area contributed by atoms with Crippen LogP contribution in [0.25, 0.3) is 15.5 Å². The van der Waals surface area contributed by atoms with Crippen LogP contribution in [0.3, 0.4) is 0 Å². The summed E-state index contributed by atoms with van der Waals surface area (Å²) in [4.78, 5) is 5.26. The van der Waals surface area contributed by atoms with Gasteiger partial charge in [0.15, 0.2) is 5.69 Å². The number of aromatic nitrogens is 3. The molecule has 2 aromatic heterocycles. The zero-order valence-electron chi connectivity index (χ0n) is 13.3. The molecule has 0 bridgehead atoms. The van der Waals surface area contributed by atoms with Gasteiger partial charge in [0.2, 0.25) is 4.96 Å². The molecule has 118 valence electrons. The summed E-state index contributed by atoms with van der Waals surface area (Å²) in [6, 6.07) is 7.78. The molecule has 23 heavy (non-hydrogen) atoms. The fourth-order valence-corrected chi connectivity index (χ4v) is 3.21. The van der Waals surface area contributed by atoms with Gasteiger partial charge in [0.1, 0.15) is 22.6 Å².